The van der Waals surface area contributed by atoms with Gasteiger partial charge in [-0.2, -0.15) is 0 Å². The van der Waals surface area contributed by atoms with Gasteiger partial charge in [-0.05, 0) is 52.1 Å². The van der Waals surface area contributed by atoms with E-state index in [0.717, 1.165) is 5.70 Å². The lowest BCUT2D eigenvalue weighted by Crippen LogP contribution is -2.15. The number of hydrogen-bond acceptors (Lipinski definition) is 1. The first-order valence-corrected chi connectivity index (χ1v) is 8.44. The number of rotatable bonds is 3. The maximum Gasteiger partial charge on any atom is 0.0494 e. The van der Waals surface area contributed by atoms with Gasteiger partial charge in [-0.25, -0.2) is 0 Å². The maximum atomic E-state index is 5.39. The van der Waals surface area contributed by atoms with Crippen LogP contribution < -0.4 is 4.90 Å². The molecule has 0 atom stereocenters. The van der Waals surface area contributed by atoms with Gasteiger partial charge in [0, 0.05) is 23.8 Å². The highest BCUT2D eigenvalue weighted by molar-refractivity contribution is 6.26. The molecule has 1 nitrogen and oxygen atoms in total. The molecule has 0 amide bonds. The summed E-state index contributed by atoms with van der Waals surface area (Å²) in [6, 6.07) is 19.7. The van der Waals surface area contributed by atoms with Gasteiger partial charge < -0.3 is 4.90 Å². The summed E-state index contributed by atoms with van der Waals surface area (Å²) in [6.45, 7) is 2.03. The molecule has 120 valence electrons. The second-order valence-electron chi connectivity index (χ2n) is 6.22. The smallest absolute Gasteiger partial charge is 0.0494 e. The number of nitrogens with zero attached hydrogens (tertiary/aromatic N) is 1. The number of hydrogen-bond donors (Lipinski definition) is 0. The van der Waals surface area contributed by atoms with Crippen LogP contribution in [-0.2, 0) is 0 Å². The molecule has 4 rings (SSSR count). The van der Waals surface area contributed by atoms with Crippen LogP contribution in [0.1, 0.15) is 6.92 Å². The third kappa shape index (κ3) is 2.35. The molecule has 0 bridgehead atoms. The Hall–Kier alpha value is -3.24. The molecule has 4 aromatic rings. The van der Waals surface area contributed by atoms with E-state index < -0.39 is 0 Å². The average Bonchev–Trinajstić information content (AvgIpc) is 2.66. The fourth-order valence-electron chi connectivity index (χ4n) is 3.69. The van der Waals surface area contributed by atoms with Crippen LogP contribution in [0.4, 0.5) is 5.69 Å². The predicted octanol–water partition coefficient (Wildman–Crippen LogP) is 6.11. The summed E-state index contributed by atoms with van der Waals surface area (Å²) in [5, 5.41) is 7.76. The molecule has 0 saturated heterocycles. The lowest BCUT2D eigenvalue weighted by atomic mass is 9.93. The molecule has 0 heterocycles. The van der Waals surface area contributed by atoms with Crippen LogP contribution in [0.2, 0.25) is 0 Å². The minimum Gasteiger partial charge on any atom is -0.344 e. The van der Waals surface area contributed by atoms with Crippen LogP contribution in [0.3, 0.4) is 0 Å². The van der Waals surface area contributed by atoms with Gasteiger partial charge in [0.05, 0.1) is 0 Å². The Kier molecular flexibility index (Phi) is 3.67. The quantitative estimate of drug-likeness (QED) is 0.250. The van der Waals surface area contributed by atoms with Crippen molar-refractivity contribution in [3.05, 3.63) is 78.5 Å². The van der Waals surface area contributed by atoms with Gasteiger partial charge in [0.15, 0.2) is 0 Å². The van der Waals surface area contributed by atoms with E-state index in [1.165, 1.54) is 38.0 Å². The van der Waals surface area contributed by atoms with Crippen molar-refractivity contribution >= 4 is 38.0 Å². The van der Waals surface area contributed by atoms with Crippen molar-refractivity contribution < 1.29 is 0 Å². The van der Waals surface area contributed by atoms with Crippen LogP contribution in [-0.4, -0.2) is 7.05 Å². The fourth-order valence-corrected chi connectivity index (χ4v) is 3.69. The zero-order valence-electron chi connectivity index (χ0n) is 14.5. The van der Waals surface area contributed by atoms with Gasteiger partial charge in [-0.3, -0.25) is 0 Å². The summed E-state index contributed by atoms with van der Waals surface area (Å²) in [4.78, 5) is 2.21. The van der Waals surface area contributed by atoms with E-state index in [2.05, 4.69) is 78.5 Å². The number of allylic oxidation sites excluding steroid dienone is 3. The number of benzene rings is 4. The highest BCUT2D eigenvalue weighted by atomic mass is 15.1. The molecular weight excluding hydrogens is 302 g/mol. The van der Waals surface area contributed by atoms with E-state index in [-0.39, 0.29) is 0 Å². The molecule has 0 spiro atoms. The Morgan fingerprint density at radius 2 is 1.64 bits per heavy atom. The summed E-state index contributed by atoms with van der Waals surface area (Å²) >= 11 is 0. The van der Waals surface area contributed by atoms with Crippen LogP contribution >= 0.6 is 0 Å². The molecule has 0 aromatic heterocycles. The van der Waals surface area contributed by atoms with Crippen molar-refractivity contribution in [3.8, 4) is 12.3 Å². The molecule has 1 heteroatoms. The molecule has 0 aliphatic rings. The number of terminal acetylenes is 1. The van der Waals surface area contributed by atoms with E-state index >= 15 is 0 Å². The van der Waals surface area contributed by atoms with Crippen LogP contribution in [0.25, 0.3) is 32.3 Å². The Bertz CT molecular complexity index is 1170. The number of likely N-dealkylation sites (N-methyl/N-ethyl adjacent to an activating group) is 1. The van der Waals surface area contributed by atoms with Gasteiger partial charge in [0.2, 0.25) is 0 Å². The first kappa shape index (κ1) is 15.3. The molecular formula is C24H19N. The first-order valence-electron chi connectivity index (χ1n) is 8.44. The summed E-state index contributed by atoms with van der Waals surface area (Å²) < 4.78 is 0. The van der Waals surface area contributed by atoms with Crippen LogP contribution in [0.15, 0.2) is 78.5 Å². The molecule has 0 aliphatic heterocycles. The molecule has 0 unspecified atom stereocenters. The lowest BCUT2D eigenvalue weighted by Gasteiger charge is -2.24. The fraction of sp³-hybridized carbons (Fsp3) is 0.0833. The SMILES string of the molecule is C#C/C=C\C(=C/C)N(C)c1cc2cccc3ccc4cccc1c4c32. The van der Waals surface area contributed by atoms with E-state index in [1.54, 1.807) is 6.08 Å². The molecule has 0 N–H and O–H groups in total. The molecule has 0 fully saturated rings. The van der Waals surface area contributed by atoms with Gasteiger partial charge in [0.25, 0.3) is 0 Å². The van der Waals surface area contributed by atoms with E-state index in [4.69, 9.17) is 6.42 Å². The first-order chi connectivity index (χ1) is 12.2. The summed E-state index contributed by atoms with van der Waals surface area (Å²) in [7, 11) is 2.09. The second kappa shape index (κ2) is 6.00. The lowest BCUT2D eigenvalue weighted by molar-refractivity contribution is 1.14. The van der Waals surface area contributed by atoms with Crippen molar-refractivity contribution in [2.24, 2.45) is 0 Å². The average molecular weight is 321 g/mol. The zero-order chi connectivity index (χ0) is 17.4. The normalized spacial score (nSPS) is 12.4. The number of anilines is 1. The minimum absolute atomic E-state index is 1.08. The van der Waals surface area contributed by atoms with Crippen molar-refractivity contribution in [2.45, 2.75) is 6.92 Å². The Labute approximate surface area is 148 Å². The third-order valence-corrected chi connectivity index (χ3v) is 4.88. The predicted molar refractivity (Wildman–Crippen MR) is 110 cm³/mol. The van der Waals surface area contributed by atoms with Crippen molar-refractivity contribution in [2.75, 3.05) is 11.9 Å². The monoisotopic (exact) mass is 321 g/mol. The summed E-state index contributed by atoms with van der Waals surface area (Å²) in [6.07, 6.45) is 11.2. The van der Waals surface area contributed by atoms with Gasteiger partial charge in [-0.15, -0.1) is 6.42 Å². The van der Waals surface area contributed by atoms with Crippen LogP contribution in [0.5, 0.6) is 0 Å². The van der Waals surface area contributed by atoms with E-state index in [9.17, 15) is 0 Å². The standard InChI is InChI=1S/C24H19N/c1-4-6-12-20(5-2)25(3)22-16-19-11-7-9-17-14-15-18-10-8-13-21(22)24(18)23(17)19/h1,5-16H,2-3H3/b12-6-,20-5+. The van der Waals surface area contributed by atoms with Crippen LogP contribution in [0, 0.1) is 12.3 Å². The van der Waals surface area contributed by atoms with Crippen molar-refractivity contribution in [3.63, 3.8) is 0 Å². The van der Waals surface area contributed by atoms with Gasteiger partial charge in [-0.1, -0.05) is 60.5 Å². The summed E-state index contributed by atoms with van der Waals surface area (Å²) in [5.41, 5.74) is 2.26. The molecule has 4 aromatic carbocycles. The Morgan fingerprint density at radius 3 is 2.36 bits per heavy atom. The zero-order valence-corrected chi connectivity index (χ0v) is 14.5. The highest BCUT2D eigenvalue weighted by Gasteiger charge is 2.14. The summed E-state index contributed by atoms with van der Waals surface area (Å²) in [5.74, 6) is 2.57. The van der Waals surface area contributed by atoms with E-state index in [1.807, 2.05) is 13.0 Å². The molecule has 0 aliphatic carbocycles. The van der Waals surface area contributed by atoms with Gasteiger partial charge in [0.1, 0.15) is 0 Å². The molecule has 0 saturated carbocycles. The largest absolute Gasteiger partial charge is 0.344 e. The minimum atomic E-state index is 1.08. The van der Waals surface area contributed by atoms with Crippen molar-refractivity contribution in [1.29, 1.82) is 0 Å². The topological polar surface area (TPSA) is 3.24 Å². The Morgan fingerprint density at radius 1 is 0.960 bits per heavy atom. The molecule has 25 heavy (non-hydrogen) atoms. The van der Waals surface area contributed by atoms with E-state index in [0.29, 0.717) is 0 Å². The highest BCUT2D eigenvalue weighted by Crippen LogP contribution is 2.40. The van der Waals surface area contributed by atoms with Gasteiger partial charge >= 0.3 is 0 Å². The third-order valence-electron chi connectivity index (χ3n) is 4.88. The Balaban J connectivity index is 2.07. The second-order valence-corrected chi connectivity index (χ2v) is 6.22. The maximum absolute atomic E-state index is 5.39. The van der Waals surface area contributed by atoms with Crippen molar-refractivity contribution in [1.82, 2.24) is 0 Å². The molecule has 0 radical (unpaired) electrons.